The molecular formula is C22H29BrN4O6. The highest BCUT2D eigenvalue weighted by Gasteiger charge is 2.46. The van der Waals surface area contributed by atoms with Gasteiger partial charge < -0.3 is 15.5 Å². The van der Waals surface area contributed by atoms with Crippen LogP contribution in [-0.2, 0) is 19.2 Å². The Morgan fingerprint density at radius 3 is 2.73 bits per heavy atom. The van der Waals surface area contributed by atoms with Crippen molar-refractivity contribution in [2.24, 2.45) is 17.6 Å². The molecule has 2 aliphatic heterocycles. The summed E-state index contributed by atoms with van der Waals surface area (Å²) >= 11 is 3.16. The lowest BCUT2D eigenvalue weighted by atomic mass is 9.85. The Labute approximate surface area is 200 Å². The van der Waals surface area contributed by atoms with E-state index in [1.807, 2.05) is 6.92 Å². The SMILES string of the molecule is CC(CCC(=O)CBr)C[C@H]1C[C@@H](C(N)=O)N2C(=O)[C@@H](NC(=O)c3ccco3)CCC(=O)N2C1. The summed E-state index contributed by atoms with van der Waals surface area (Å²) in [5.41, 5.74) is 5.64. The molecule has 0 saturated carbocycles. The third kappa shape index (κ3) is 6.01. The van der Waals surface area contributed by atoms with Gasteiger partial charge in [-0.05, 0) is 49.7 Å². The molecule has 1 unspecified atom stereocenters. The molecule has 0 bridgehead atoms. The van der Waals surface area contributed by atoms with Crippen molar-refractivity contribution in [3.8, 4) is 0 Å². The maximum atomic E-state index is 13.3. The van der Waals surface area contributed by atoms with E-state index in [4.69, 9.17) is 10.2 Å². The minimum Gasteiger partial charge on any atom is -0.459 e. The van der Waals surface area contributed by atoms with Gasteiger partial charge in [0.05, 0.1) is 11.6 Å². The number of alkyl halides is 1. The van der Waals surface area contributed by atoms with Gasteiger partial charge >= 0.3 is 0 Å². The fourth-order valence-corrected chi connectivity index (χ4v) is 4.79. The molecule has 1 aromatic rings. The zero-order valence-corrected chi connectivity index (χ0v) is 20.1. The second kappa shape index (κ2) is 11.0. The number of furan rings is 1. The molecule has 33 heavy (non-hydrogen) atoms. The number of halogens is 1. The van der Waals surface area contributed by atoms with E-state index in [0.29, 0.717) is 31.0 Å². The lowest BCUT2D eigenvalue weighted by Gasteiger charge is -2.46. The van der Waals surface area contributed by atoms with E-state index >= 15 is 0 Å². The van der Waals surface area contributed by atoms with Gasteiger partial charge in [-0.2, -0.15) is 0 Å². The number of rotatable bonds is 9. The van der Waals surface area contributed by atoms with Gasteiger partial charge in [-0.3, -0.25) is 29.0 Å². The number of amides is 4. The number of carbonyl (C=O) groups excluding carboxylic acids is 5. The Morgan fingerprint density at radius 1 is 1.33 bits per heavy atom. The van der Waals surface area contributed by atoms with E-state index in [-0.39, 0.29) is 48.7 Å². The first-order valence-electron chi connectivity index (χ1n) is 11.1. The highest BCUT2D eigenvalue weighted by atomic mass is 79.9. The largest absolute Gasteiger partial charge is 0.459 e. The van der Waals surface area contributed by atoms with E-state index < -0.39 is 29.8 Å². The molecule has 2 aliphatic rings. The van der Waals surface area contributed by atoms with Crippen LogP contribution in [0, 0.1) is 11.8 Å². The summed E-state index contributed by atoms with van der Waals surface area (Å²) in [5.74, 6) is -1.77. The Morgan fingerprint density at radius 2 is 2.09 bits per heavy atom. The fourth-order valence-electron chi connectivity index (χ4n) is 4.51. The van der Waals surface area contributed by atoms with E-state index in [2.05, 4.69) is 21.2 Å². The molecular weight excluding hydrogens is 496 g/mol. The first kappa shape index (κ1) is 24.9. The van der Waals surface area contributed by atoms with Gasteiger partial charge in [-0.25, -0.2) is 5.01 Å². The Kier molecular flexibility index (Phi) is 8.28. The zero-order chi connectivity index (χ0) is 24.1. The lowest BCUT2D eigenvalue weighted by molar-refractivity contribution is -0.179. The maximum Gasteiger partial charge on any atom is 0.287 e. The zero-order valence-electron chi connectivity index (χ0n) is 18.5. The second-order valence-electron chi connectivity index (χ2n) is 8.77. The molecule has 2 fully saturated rings. The summed E-state index contributed by atoms with van der Waals surface area (Å²) in [7, 11) is 0. The predicted molar refractivity (Wildman–Crippen MR) is 121 cm³/mol. The van der Waals surface area contributed by atoms with E-state index in [1.165, 1.54) is 17.3 Å². The van der Waals surface area contributed by atoms with Crippen molar-refractivity contribution in [2.75, 3.05) is 11.9 Å². The number of nitrogens with one attached hydrogen (secondary N) is 1. The first-order valence-corrected chi connectivity index (χ1v) is 12.2. The van der Waals surface area contributed by atoms with Crippen LogP contribution >= 0.6 is 15.9 Å². The summed E-state index contributed by atoms with van der Waals surface area (Å²) in [6.45, 7) is 2.31. The van der Waals surface area contributed by atoms with E-state index in [0.717, 1.165) is 5.01 Å². The third-order valence-electron chi connectivity index (χ3n) is 6.18. The van der Waals surface area contributed by atoms with Crippen molar-refractivity contribution in [3.05, 3.63) is 24.2 Å². The van der Waals surface area contributed by atoms with Crippen LogP contribution in [0.15, 0.2) is 22.8 Å². The van der Waals surface area contributed by atoms with Gasteiger partial charge in [-0.1, -0.05) is 22.9 Å². The lowest BCUT2D eigenvalue weighted by Crippen LogP contribution is -2.65. The normalized spacial score (nSPS) is 24.1. The molecule has 2 saturated heterocycles. The third-order valence-corrected chi connectivity index (χ3v) is 6.81. The van der Waals surface area contributed by atoms with Gasteiger partial charge in [0.25, 0.3) is 11.8 Å². The van der Waals surface area contributed by atoms with Crippen molar-refractivity contribution >= 4 is 45.3 Å². The number of ketones is 1. The molecule has 3 N–H and O–H groups in total. The molecule has 0 aromatic carbocycles. The van der Waals surface area contributed by atoms with Gasteiger partial charge in [0.1, 0.15) is 17.9 Å². The van der Waals surface area contributed by atoms with Crippen LogP contribution in [0.25, 0.3) is 0 Å². The van der Waals surface area contributed by atoms with Crippen LogP contribution in [0.2, 0.25) is 0 Å². The molecule has 11 heteroatoms. The van der Waals surface area contributed by atoms with Crippen molar-refractivity contribution in [2.45, 2.75) is 57.5 Å². The molecule has 4 atom stereocenters. The Balaban J connectivity index is 1.73. The van der Waals surface area contributed by atoms with Crippen LogP contribution in [-0.4, -0.2) is 63.4 Å². The molecule has 4 amide bonds. The van der Waals surface area contributed by atoms with Gasteiger partial charge in [0, 0.05) is 19.4 Å². The number of carbonyl (C=O) groups is 5. The average Bonchev–Trinajstić information content (AvgIpc) is 3.30. The van der Waals surface area contributed by atoms with Crippen LogP contribution < -0.4 is 11.1 Å². The van der Waals surface area contributed by atoms with Gasteiger partial charge in [0.2, 0.25) is 11.8 Å². The fraction of sp³-hybridized carbons (Fsp3) is 0.591. The van der Waals surface area contributed by atoms with Crippen molar-refractivity contribution in [1.82, 2.24) is 15.3 Å². The summed E-state index contributed by atoms with van der Waals surface area (Å²) in [5, 5.41) is 5.39. The second-order valence-corrected chi connectivity index (χ2v) is 9.33. The molecule has 0 aliphatic carbocycles. The minimum absolute atomic E-state index is 0.0405. The minimum atomic E-state index is -0.988. The maximum absolute atomic E-state index is 13.3. The molecule has 1 aromatic heterocycles. The Hall–Kier alpha value is -2.69. The van der Waals surface area contributed by atoms with Crippen LogP contribution in [0.1, 0.15) is 56.0 Å². The van der Waals surface area contributed by atoms with Gasteiger partial charge in [-0.15, -0.1) is 0 Å². The van der Waals surface area contributed by atoms with Gasteiger partial charge in [0.15, 0.2) is 5.76 Å². The van der Waals surface area contributed by atoms with Crippen molar-refractivity contribution in [1.29, 1.82) is 0 Å². The number of hydrogen-bond donors (Lipinski definition) is 2. The van der Waals surface area contributed by atoms with Crippen LogP contribution in [0.4, 0.5) is 0 Å². The number of primary amides is 1. The number of Topliss-reactive ketones (excluding diaryl/α,β-unsaturated/α-hetero) is 1. The number of hydrogen-bond acceptors (Lipinski definition) is 6. The summed E-state index contributed by atoms with van der Waals surface area (Å²) in [6, 6.07) is 1.06. The quantitative estimate of drug-likeness (QED) is 0.467. The number of nitrogens with zero attached hydrogens (tertiary/aromatic N) is 2. The highest BCUT2D eigenvalue weighted by Crippen LogP contribution is 2.32. The number of hydrazine groups is 1. The average molecular weight is 525 g/mol. The van der Waals surface area contributed by atoms with Crippen molar-refractivity contribution in [3.63, 3.8) is 0 Å². The standard InChI is InChI=1S/C22H29BrN4O6/c1-13(4-5-15(28)11-23)9-14-10-17(20(24)30)27-22(32)16(6-7-19(29)26(27)12-14)25-21(31)18-3-2-8-33-18/h2-3,8,13-14,16-17H,4-7,9-12H2,1H3,(H2,24,30)(H,25,31)/t13?,14-,16-,17-/m0/s1. The molecule has 3 rings (SSSR count). The van der Waals surface area contributed by atoms with E-state index in [9.17, 15) is 24.0 Å². The summed E-state index contributed by atoms with van der Waals surface area (Å²) in [4.78, 5) is 62.5. The summed E-state index contributed by atoms with van der Waals surface area (Å²) in [6.07, 6.45) is 3.68. The monoisotopic (exact) mass is 524 g/mol. The van der Waals surface area contributed by atoms with E-state index in [1.54, 1.807) is 6.07 Å². The van der Waals surface area contributed by atoms with Crippen LogP contribution in [0.3, 0.4) is 0 Å². The predicted octanol–water partition coefficient (Wildman–Crippen LogP) is 1.39. The summed E-state index contributed by atoms with van der Waals surface area (Å²) < 4.78 is 5.07. The molecule has 10 nitrogen and oxygen atoms in total. The van der Waals surface area contributed by atoms with Crippen LogP contribution in [0.5, 0.6) is 0 Å². The van der Waals surface area contributed by atoms with Crippen molar-refractivity contribution < 1.29 is 28.4 Å². The molecule has 3 heterocycles. The molecule has 180 valence electrons. The Bertz CT molecular complexity index is 905. The highest BCUT2D eigenvalue weighted by molar-refractivity contribution is 9.09. The smallest absolute Gasteiger partial charge is 0.287 e. The topological polar surface area (TPSA) is 143 Å². The first-order chi connectivity index (χ1) is 15.7. The number of fused-ring (bicyclic) bond motifs is 1. The number of nitrogens with two attached hydrogens (primary N) is 1. The molecule has 0 radical (unpaired) electrons. The molecule has 0 spiro atoms.